The molecule has 3 rings (SSSR count). The summed E-state index contributed by atoms with van der Waals surface area (Å²) in [5.74, 6) is 0.935. The summed E-state index contributed by atoms with van der Waals surface area (Å²) in [7, 11) is 0. The number of benzene rings is 2. The highest BCUT2D eigenvalue weighted by atomic mass is 79.9. The molecule has 2 aromatic carbocycles. The van der Waals surface area contributed by atoms with Gasteiger partial charge in [0.25, 0.3) is 0 Å². The van der Waals surface area contributed by atoms with Gasteiger partial charge in [-0.05, 0) is 36.6 Å². The van der Waals surface area contributed by atoms with Crippen molar-refractivity contribution >= 4 is 15.9 Å². The van der Waals surface area contributed by atoms with E-state index in [-0.39, 0.29) is 12.1 Å². The minimum absolute atomic E-state index is 0.0667. The predicted octanol–water partition coefficient (Wildman–Crippen LogP) is 4.23. The van der Waals surface area contributed by atoms with E-state index in [1.165, 1.54) is 5.56 Å². The SMILES string of the molecule is NC1CC(CCc2ccccc2)Oc2ccc(Br)cc21. The van der Waals surface area contributed by atoms with Crippen LogP contribution in [0.1, 0.15) is 30.0 Å². The van der Waals surface area contributed by atoms with Crippen molar-refractivity contribution in [2.75, 3.05) is 0 Å². The highest BCUT2D eigenvalue weighted by molar-refractivity contribution is 9.10. The summed E-state index contributed by atoms with van der Waals surface area (Å²) in [5.41, 5.74) is 8.73. The Morgan fingerprint density at radius 2 is 1.95 bits per heavy atom. The largest absolute Gasteiger partial charge is 0.490 e. The number of fused-ring (bicyclic) bond motifs is 1. The average Bonchev–Trinajstić information content (AvgIpc) is 2.47. The number of aryl methyl sites for hydroxylation is 1. The molecule has 3 heteroatoms. The molecule has 2 aromatic rings. The molecule has 0 bridgehead atoms. The van der Waals surface area contributed by atoms with Crippen LogP contribution < -0.4 is 10.5 Å². The topological polar surface area (TPSA) is 35.2 Å². The summed E-state index contributed by atoms with van der Waals surface area (Å²) in [5, 5.41) is 0. The fraction of sp³-hybridized carbons (Fsp3) is 0.294. The van der Waals surface area contributed by atoms with E-state index < -0.39 is 0 Å². The molecular formula is C17H18BrNO. The third-order valence-electron chi connectivity index (χ3n) is 3.78. The summed E-state index contributed by atoms with van der Waals surface area (Å²) >= 11 is 3.48. The van der Waals surface area contributed by atoms with Crippen LogP contribution in [0.3, 0.4) is 0 Å². The molecule has 2 atom stereocenters. The first-order valence-electron chi connectivity index (χ1n) is 6.98. The quantitative estimate of drug-likeness (QED) is 0.913. The molecule has 0 amide bonds. The molecule has 0 saturated heterocycles. The van der Waals surface area contributed by atoms with Gasteiger partial charge in [-0.25, -0.2) is 0 Å². The molecule has 0 saturated carbocycles. The molecule has 2 unspecified atom stereocenters. The maximum atomic E-state index is 6.27. The van der Waals surface area contributed by atoms with Crippen LogP contribution in [0.4, 0.5) is 0 Å². The van der Waals surface area contributed by atoms with Gasteiger partial charge in [0.2, 0.25) is 0 Å². The Balaban J connectivity index is 1.67. The highest BCUT2D eigenvalue weighted by Crippen LogP contribution is 2.36. The lowest BCUT2D eigenvalue weighted by atomic mass is 9.94. The second-order valence-electron chi connectivity index (χ2n) is 5.29. The molecule has 2 N–H and O–H groups in total. The van der Waals surface area contributed by atoms with E-state index >= 15 is 0 Å². The van der Waals surface area contributed by atoms with Gasteiger partial charge in [-0.1, -0.05) is 46.3 Å². The fourth-order valence-electron chi connectivity index (χ4n) is 2.70. The van der Waals surface area contributed by atoms with Gasteiger partial charge in [-0.2, -0.15) is 0 Å². The summed E-state index contributed by atoms with van der Waals surface area (Å²) in [4.78, 5) is 0. The van der Waals surface area contributed by atoms with Gasteiger partial charge in [-0.3, -0.25) is 0 Å². The summed E-state index contributed by atoms with van der Waals surface area (Å²) < 4.78 is 7.13. The molecule has 0 fully saturated rings. The Hall–Kier alpha value is -1.32. The molecule has 1 heterocycles. The molecule has 104 valence electrons. The Morgan fingerprint density at radius 1 is 1.15 bits per heavy atom. The first kappa shape index (κ1) is 13.7. The van der Waals surface area contributed by atoms with Gasteiger partial charge < -0.3 is 10.5 Å². The van der Waals surface area contributed by atoms with Crippen LogP contribution in [0.2, 0.25) is 0 Å². The molecule has 0 radical (unpaired) electrons. The minimum atomic E-state index is 0.0667. The number of hydrogen-bond acceptors (Lipinski definition) is 2. The number of hydrogen-bond donors (Lipinski definition) is 1. The second kappa shape index (κ2) is 5.98. The Bertz CT molecular complexity index is 585. The van der Waals surface area contributed by atoms with Crippen LogP contribution in [-0.2, 0) is 6.42 Å². The number of nitrogens with two attached hydrogens (primary N) is 1. The van der Waals surface area contributed by atoms with Crippen molar-refractivity contribution in [3.63, 3.8) is 0 Å². The van der Waals surface area contributed by atoms with Crippen molar-refractivity contribution in [1.82, 2.24) is 0 Å². The fourth-order valence-corrected chi connectivity index (χ4v) is 3.08. The van der Waals surface area contributed by atoms with Crippen LogP contribution in [0.15, 0.2) is 53.0 Å². The van der Waals surface area contributed by atoms with E-state index in [1.54, 1.807) is 0 Å². The third-order valence-corrected chi connectivity index (χ3v) is 4.27. The van der Waals surface area contributed by atoms with E-state index in [4.69, 9.17) is 10.5 Å². The van der Waals surface area contributed by atoms with Gasteiger partial charge in [0, 0.05) is 22.5 Å². The minimum Gasteiger partial charge on any atom is -0.490 e. The van der Waals surface area contributed by atoms with E-state index in [0.29, 0.717) is 0 Å². The summed E-state index contributed by atoms with van der Waals surface area (Å²) in [6, 6.07) is 16.7. The summed E-state index contributed by atoms with van der Waals surface area (Å²) in [6.07, 6.45) is 3.13. The predicted molar refractivity (Wildman–Crippen MR) is 84.9 cm³/mol. The highest BCUT2D eigenvalue weighted by Gasteiger charge is 2.25. The van der Waals surface area contributed by atoms with Crippen molar-refractivity contribution in [3.8, 4) is 5.75 Å². The van der Waals surface area contributed by atoms with Crippen molar-refractivity contribution < 1.29 is 4.74 Å². The smallest absolute Gasteiger partial charge is 0.124 e. The van der Waals surface area contributed by atoms with E-state index in [9.17, 15) is 0 Å². The molecule has 1 aliphatic heterocycles. The normalized spacial score (nSPS) is 21.1. The zero-order valence-electron chi connectivity index (χ0n) is 11.3. The van der Waals surface area contributed by atoms with Crippen LogP contribution in [0.5, 0.6) is 5.75 Å². The van der Waals surface area contributed by atoms with Crippen molar-refractivity contribution in [3.05, 3.63) is 64.1 Å². The lowest BCUT2D eigenvalue weighted by Gasteiger charge is -2.30. The number of halogens is 1. The first-order valence-corrected chi connectivity index (χ1v) is 7.77. The zero-order chi connectivity index (χ0) is 13.9. The monoisotopic (exact) mass is 331 g/mol. The van der Waals surface area contributed by atoms with Crippen LogP contribution >= 0.6 is 15.9 Å². The standard InChI is InChI=1S/C17H18BrNO/c18-13-7-9-17-15(10-13)16(19)11-14(20-17)8-6-12-4-2-1-3-5-12/h1-5,7,9-10,14,16H,6,8,11,19H2. The van der Waals surface area contributed by atoms with Gasteiger partial charge in [0.15, 0.2) is 0 Å². The van der Waals surface area contributed by atoms with Gasteiger partial charge in [-0.15, -0.1) is 0 Å². The van der Waals surface area contributed by atoms with Crippen LogP contribution in [-0.4, -0.2) is 6.10 Å². The zero-order valence-corrected chi connectivity index (χ0v) is 12.8. The average molecular weight is 332 g/mol. The molecule has 0 aliphatic carbocycles. The van der Waals surface area contributed by atoms with Crippen molar-refractivity contribution in [2.24, 2.45) is 5.73 Å². The lowest BCUT2D eigenvalue weighted by molar-refractivity contribution is 0.150. The molecule has 0 aromatic heterocycles. The third kappa shape index (κ3) is 3.05. The maximum absolute atomic E-state index is 6.27. The number of rotatable bonds is 3. The van der Waals surface area contributed by atoms with Gasteiger partial charge >= 0.3 is 0 Å². The number of ether oxygens (including phenoxy) is 1. The molecular weight excluding hydrogens is 314 g/mol. The summed E-state index contributed by atoms with van der Waals surface area (Å²) in [6.45, 7) is 0. The van der Waals surface area contributed by atoms with E-state index in [0.717, 1.165) is 35.0 Å². The first-order chi connectivity index (χ1) is 9.72. The van der Waals surface area contributed by atoms with Crippen molar-refractivity contribution in [1.29, 1.82) is 0 Å². The van der Waals surface area contributed by atoms with Crippen LogP contribution in [0.25, 0.3) is 0 Å². The van der Waals surface area contributed by atoms with E-state index in [2.05, 4.69) is 46.3 Å². The maximum Gasteiger partial charge on any atom is 0.124 e. The Labute approximate surface area is 128 Å². The van der Waals surface area contributed by atoms with Gasteiger partial charge in [0.1, 0.15) is 11.9 Å². The lowest BCUT2D eigenvalue weighted by Crippen LogP contribution is -2.29. The molecule has 2 nitrogen and oxygen atoms in total. The Kier molecular flexibility index (Phi) is 4.08. The Morgan fingerprint density at radius 3 is 2.75 bits per heavy atom. The second-order valence-corrected chi connectivity index (χ2v) is 6.20. The van der Waals surface area contributed by atoms with Gasteiger partial charge in [0.05, 0.1) is 0 Å². The van der Waals surface area contributed by atoms with E-state index in [1.807, 2.05) is 18.2 Å². The molecule has 20 heavy (non-hydrogen) atoms. The molecule has 0 spiro atoms. The van der Waals surface area contributed by atoms with Crippen LogP contribution in [0, 0.1) is 0 Å². The van der Waals surface area contributed by atoms with Crippen molar-refractivity contribution in [2.45, 2.75) is 31.4 Å². The molecule has 1 aliphatic rings.